The van der Waals surface area contributed by atoms with Crippen molar-refractivity contribution in [3.8, 4) is 5.88 Å². The molecule has 0 aromatic carbocycles. The summed E-state index contributed by atoms with van der Waals surface area (Å²) in [4.78, 5) is 22.7. The number of hydrogen-bond donors (Lipinski definition) is 2. The Bertz CT molecular complexity index is 584. The molecule has 20 heavy (non-hydrogen) atoms. The van der Waals surface area contributed by atoms with Crippen molar-refractivity contribution in [3.05, 3.63) is 30.5 Å². The molecule has 0 bridgehead atoms. The van der Waals surface area contributed by atoms with Gasteiger partial charge in [-0.3, -0.25) is 0 Å². The van der Waals surface area contributed by atoms with E-state index in [9.17, 15) is 4.79 Å². The first kappa shape index (κ1) is 13.8. The Kier molecular flexibility index (Phi) is 4.48. The van der Waals surface area contributed by atoms with Gasteiger partial charge in [-0.2, -0.15) is 4.98 Å². The molecule has 2 rings (SSSR count). The van der Waals surface area contributed by atoms with Gasteiger partial charge in [0.05, 0.1) is 12.9 Å². The first-order chi connectivity index (χ1) is 9.69. The van der Waals surface area contributed by atoms with Crippen LogP contribution >= 0.6 is 0 Å². The molecule has 0 unspecified atom stereocenters. The summed E-state index contributed by atoms with van der Waals surface area (Å²) in [6.07, 6.45) is 4.56. The molecular weight excluding hydrogens is 262 g/mol. The van der Waals surface area contributed by atoms with E-state index in [2.05, 4.69) is 20.3 Å². The molecule has 0 radical (unpaired) electrons. The number of rotatable bonds is 7. The van der Waals surface area contributed by atoms with Gasteiger partial charge in [-0.1, -0.05) is 0 Å². The maximum atomic E-state index is 10.7. The van der Waals surface area contributed by atoms with Crippen LogP contribution in [0.3, 0.4) is 0 Å². The Morgan fingerprint density at radius 1 is 1.50 bits per heavy atom. The summed E-state index contributed by atoms with van der Waals surface area (Å²) in [7, 11) is 0. The third-order valence-corrected chi connectivity index (χ3v) is 2.43. The van der Waals surface area contributed by atoms with Gasteiger partial charge in [0.1, 0.15) is 0 Å². The number of carboxylic acid groups (broad SMARTS) is 1. The smallest absolute Gasteiger partial charge is 0.356 e. The molecule has 0 aliphatic heterocycles. The van der Waals surface area contributed by atoms with E-state index in [1.54, 1.807) is 16.8 Å². The first-order valence-corrected chi connectivity index (χ1v) is 6.14. The highest BCUT2D eigenvalue weighted by Crippen LogP contribution is 2.07. The van der Waals surface area contributed by atoms with Crippen molar-refractivity contribution < 1.29 is 14.6 Å². The van der Waals surface area contributed by atoms with E-state index in [0.717, 1.165) is 0 Å². The zero-order chi connectivity index (χ0) is 14.4. The first-order valence-electron chi connectivity index (χ1n) is 6.14. The van der Waals surface area contributed by atoms with E-state index < -0.39 is 5.97 Å². The van der Waals surface area contributed by atoms with Gasteiger partial charge in [-0.15, -0.1) is 0 Å². The van der Waals surface area contributed by atoms with Gasteiger partial charge < -0.3 is 19.7 Å². The lowest BCUT2D eigenvalue weighted by molar-refractivity contribution is 0.0691. The number of nitrogens with one attached hydrogen (secondary N) is 1. The zero-order valence-corrected chi connectivity index (χ0v) is 11.0. The fourth-order valence-electron chi connectivity index (χ4n) is 1.55. The maximum absolute atomic E-state index is 10.7. The third-order valence-electron chi connectivity index (χ3n) is 2.43. The molecule has 0 amide bonds. The Morgan fingerprint density at radius 2 is 2.35 bits per heavy atom. The monoisotopic (exact) mass is 277 g/mol. The highest BCUT2D eigenvalue weighted by atomic mass is 16.5. The number of ether oxygens (including phenoxy) is 1. The van der Waals surface area contributed by atoms with Crippen LogP contribution in [0.1, 0.15) is 17.4 Å². The lowest BCUT2D eigenvalue weighted by Crippen LogP contribution is -2.11. The summed E-state index contributed by atoms with van der Waals surface area (Å²) in [5.74, 6) is -0.0558. The maximum Gasteiger partial charge on any atom is 0.356 e. The van der Waals surface area contributed by atoms with E-state index >= 15 is 0 Å². The molecule has 0 aliphatic carbocycles. The number of aromatic carboxylic acids is 1. The Hall–Kier alpha value is -2.64. The molecule has 0 atom stereocenters. The molecule has 0 aliphatic rings. The number of hydrogen-bond acceptors (Lipinski definition) is 6. The van der Waals surface area contributed by atoms with Crippen molar-refractivity contribution in [2.45, 2.75) is 13.5 Å². The van der Waals surface area contributed by atoms with E-state index in [0.29, 0.717) is 31.5 Å². The van der Waals surface area contributed by atoms with E-state index in [4.69, 9.17) is 9.84 Å². The average Bonchev–Trinajstić information content (AvgIpc) is 2.89. The number of carboxylic acids is 1. The van der Waals surface area contributed by atoms with Gasteiger partial charge in [0.25, 0.3) is 0 Å². The van der Waals surface area contributed by atoms with E-state index in [1.807, 2.05) is 6.92 Å². The van der Waals surface area contributed by atoms with Crippen LogP contribution in [0.2, 0.25) is 0 Å². The zero-order valence-electron chi connectivity index (χ0n) is 11.0. The van der Waals surface area contributed by atoms with Crippen LogP contribution in [0, 0.1) is 0 Å². The fourth-order valence-corrected chi connectivity index (χ4v) is 1.55. The molecular formula is C12H15N5O3. The van der Waals surface area contributed by atoms with E-state index in [1.165, 1.54) is 12.5 Å². The number of imidazole rings is 1. The molecule has 2 N–H and O–H groups in total. The lowest BCUT2D eigenvalue weighted by atomic mass is 10.5. The standard InChI is InChI=1S/C12H15N5O3/c1-2-20-10-3-4-13-12(16-10)14-5-6-17-7-9(11(18)19)15-8-17/h3-4,7-8H,2,5-6H2,1H3,(H,18,19)(H,13,14,16). The minimum atomic E-state index is -1.04. The van der Waals surface area contributed by atoms with E-state index in [-0.39, 0.29) is 5.69 Å². The molecule has 8 heteroatoms. The molecule has 8 nitrogen and oxygen atoms in total. The Balaban J connectivity index is 1.85. The topological polar surface area (TPSA) is 102 Å². The van der Waals surface area contributed by atoms with Gasteiger partial charge in [-0.25, -0.2) is 14.8 Å². The van der Waals surface area contributed by atoms with Gasteiger partial charge in [-0.05, 0) is 6.92 Å². The fraction of sp³-hybridized carbons (Fsp3) is 0.333. The summed E-state index contributed by atoms with van der Waals surface area (Å²) in [6.45, 7) is 3.53. The second kappa shape index (κ2) is 6.50. The Labute approximate surface area is 115 Å². The normalized spacial score (nSPS) is 10.2. The Morgan fingerprint density at radius 3 is 3.05 bits per heavy atom. The van der Waals surface area contributed by atoms with Crippen LogP contribution in [0.4, 0.5) is 5.95 Å². The summed E-state index contributed by atoms with van der Waals surface area (Å²) >= 11 is 0. The van der Waals surface area contributed by atoms with Gasteiger partial charge >= 0.3 is 5.97 Å². The quantitative estimate of drug-likeness (QED) is 0.774. The molecule has 106 valence electrons. The second-order valence-corrected chi connectivity index (χ2v) is 3.88. The van der Waals surface area contributed by atoms with Crippen molar-refractivity contribution in [1.82, 2.24) is 19.5 Å². The molecule has 0 fully saturated rings. The number of nitrogens with zero attached hydrogens (tertiary/aromatic N) is 4. The summed E-state index contributed by atoms with van der Waals surface area (Å²) in [5, 5.41) is 11.8. The SMILES string of the molecule is CCOc1ccnc(NCCn2cnc(C(=O)O)c2)n1. The second-order valence-electron chi connectivity index (χ2n) is 3.88. The molecule has 2 aromatic rings. The molecule has 2 aromatic heterocycles. The van der Waals surface area contributed by atoms with Crippen LogP contribution in [-0.2, 0) is 6.54 Å². The van der Waals surface area contributed by atoms with Gasteiger partial charge in [0.15, 0.2) is 5.69 Å². The largest absolute Gasteiger partial charge is 0.478 e. The summed E-state index contributed by atoms with van der Waals surface area (Å²) < 4.78 is 6.95. The minimum absolute atomic E-state index is 0.0274. The van der Waals surface area contributed by atoms with Crippen molar-refractivity contribution >= 4 is 11.9 Å². The predicted octanol–water partition coefficient (Wildman–Crippen LogP) is 0.882. The van der Waals surface area contributed by atoms with Gasteiger partial charge in [0.2, 0.25) is 11.8 Å². The highest BCUT2D eigenvalue weighted by Gasteiger charge is 2.06. The average molecular weight is 277 g/mol. The number of anilines is 1. The van der Waals surface area contributed by atoms with Crippen molar-refractivity contribution in [2.24, 2.45) is 0 Å². The minimum Gasteiger partial charge on any atom is -0.478 e. The molecule has 0 saturated carbocycles. The predicted molar refractivity (Wildman–Crippen MR) is 70.9 cm³/mol. The summed E-state index contributed by atoms with van der Waals surface area (Å²) in [5.41, 5.74) is 0.0274. The van der Waals surface area contributed by atoms with Crippen molar-refractivity contribution in [3.63, 3.8) is 0 Å². The van der Waals surface area contributed by atoms with Crippen LogP contribution < -0.4 is 10.1 Å². The third kappa shape index (κ3) is 3.67. The number of aromatic nitrogens is 4. The molecule has 2 heterocycles. The van der Waals surface area contributed by atoms with Crippen LogP contribution in [-0.4, -0.2) is 43.7 Å². The van der Waals surface area contributed by atoms with Crippen LogP contribution in [0.5, 0.6) is 5.88 Å². The van der Waals surface area contributed by atoms with Crippen LogP contribution in [0.15, 0.2) is 24.8 Å². The molecule has 0 spiro atoms. The van der Waals surface area contributed by atoms with Crippen molar-refractivity contribution in [1.29, 1.82) is 0 Å². The number of carbonyl (C=O) groups is 1. The lowest BCUT2D eigenvalue weighted by Gasteiger charge is -2.06. The molecule has 0 saturated heterocycles. The van der Waals surface area contributed by atoms with Crippen molar-refractivity contribution in [2.75, 3.05) is 18.5 Å². The van der Waals surface area contributed by atoms with Crippen LogP contribution in [0.25, 0.3) is 0 Å². The van der Waals surface area contributed by atoms with Gasteiger partial charge in [0, 0.05) is 31.5 Å². The summed E-state index contributed by atoms with van der Waals surface area (Å²) in [6, 6.07) is 1.68. The highest BCUT2D eigenvalue weighted by molar-refractivity contribution is 5.84.